The van der Waals surface area contributed by atoms with Crippen molar-refractivity contribution >= 4 is 60.8 Å². The minimum Gasteiger partial charge on any atom is -0.423 e. The standard InChI is InChI=1S/C18H12BrN3O2S2/c19-12-6-7-14-11(8-16(23)24-15(14)9-12)10-25-18-22-21-17(26-18)20-13-4-2-1-3-5-13/h1-9H,10H2,(H,20,21). The number of benzene rings is 2. The van der Waals surface area contributed by atoms with E-state index in [0.29, 0.717) is 11.3 Å². The van der Waals surface area contributed by atoms with E-state index in [2.05, 4.69) is 31.4 Å². The molecule has 0 saturated heterocycles. The van der Waals surface area contributed by atoms with Gasteiger partial charge in [0.15, 0.2) is 4.34 Å². The zero-order chi connectivity index (χ0) is 17.9. The van der Waals surface area contributed by atoms with Crippen LogP contribution in [0.1, 0.15) is 5.56 Å². The molecule has 26 heavy (non-hydrogen) atoms. The number of para-hydroxylation sites is 1. The van der Waals surface area contributed by atoms with Crippen LogP contribution in [0.25, 0.3) is 11.0 Å². The molecular weight excluding hydrogens is 434 g/mol. The SMILES string of the molecule is O=c1cc(CSc2nnc(Nc3ccccc3)s2)c2ccc(Br)cc2o1. The van der Waals surface area contributed by atoms with Crippen LogP contribution in [0.4, 0.5) is 10.8 Å². The van der Waals surface area contributed by atoms with Crippen LogP contribution in [0, 0.1) is 0 Å². The second-order valence-electron chi connectivity index (χ2n) is 5.38. The molecule has 4 rings (SSSR count). The van der Waals surface area contributed by atoms with Crippen molar-refractivity contribution in [3.8, 4) is 0 Å². The topological polar surface area (TPSA) is 68.0 Å². The van der Waals surface area contributed by atoms with Gasteiger partial charge in [-0.1, -0.05) is 57.2 Å². The van der Waals surface area contributed by atoms with Crippen molar-refractivity contribution in [3.63, 3.8) is 0 Å². The number of anilines is 2. The number of rotatable bonds is 5. The monoisotopic (exact) mass is 445 g/mol. The first kappa shape index (κ1) is 17.3. The third-order valence-electron chi connectivity index (χ3n) is 3.57. The van der Waals surface area contributed by atoms with Crippen molar-refractivity contribution in [2.24, 2.45) is 0 Å². The average Bonchev–Trinajstić information content (AvgIpc) is 3.07. The molecule has 2 aromatic heterocycles. The molecular formula is C18H12BrN3O2S2. The fraction of sp³-hybridized carbons (Fsp3) is 0.0556. The largest absolute Gasteiger partial charge is 0.423 e. The lowest BCUT2D eigenvalue weighted by Crippen LogP contribution is -1.99. The third-order valence-corrected chi connectivity index (χ3v) is 6.09. The molecule has 0 radical (unpaired) electrons. The minimum atomic E-state index is -0.352. The predicted octanol–water partition coefficient (Wildman–Crippen LogP) is 5.44. The molecule has 130 valence electrons. The number of hydrogen-bond acceptors (Lipinski definition) is 7. The Morgan fingerprint density at radius 3 is 2.81 bits per heavy atom. The van der Waals surface area contributed by atoms with Gasteiger partial charge < -0.3 is 9.73 Å². The summed E-state index contributed by atoms with van der Waals surface area (Å²) < 4.78 is 6.98. The van der Waals surface area contributed by atoms with Gasteiger partial charge in [0.2, 0.25) is 5.13 Å². The summed E-state index contributed by atoms with van der Waals surface area (Å²) in [6.45, 7) is 0. The maximum atomic E-state index is 11.8. The Labute approximate surface area is 165 Å². The minimum absolute atomic E-state index is 0.352. The summed E-state index contributed by atoms with van der Waals surface area (Å²) in [7, 11) is 0. The first-order valence-corrected chi connectivity index (χ1v) is 10.3. The molecule has 0 spiro atoms. The zero-order valence-corrected chi connectivity index (χ0v) is 16.5. The first-order valence-electron chi connectivity index (χ1n) is 7.68. The van der Waals surface area contributed by atoms with Crippen molar-refractivity contribution in [1.29, 1.82) is 0 Å². The van der Waals surface area contributed by atoms with E-state index < -0.39 is 0 Å². The molecule has 0 bridgehead atoms. The summed E-state index contributed by atoms with van der Waals surface area (Å²) in [4.78, 5) is 11.8. The molecule has 0 aliphatic rings. The molecule has 0 fully saturated rings. The summed E-state index contributed by atoms with van der Waals surface area (Å²) >= 11 is 6.42. The molecule has 0 aliphatic heterocycles. The van der Waals surface area contributed by atoms with Gasteiger partial charge in [-0.3, -0.25) is 0 Å². The van der Waals surface area contributed by atoms with Gasteiger partial charge in [-0.25, -0.2) is 4.79 Å². The molecule has 2 aromatic carbocycles. The number of hydrogen-bond donors (Lipinski definition) is 1. The summed E-state index contributed by atoms with van der Waals surface area (Å²) in [5.41, 5.74) is 2.11. The van der Waals surface area contributed by atoms with Crippen LogP contribution in [0.2, 0.25) is 0 Å². The second kappa shape index (κ2) is 7.61. The number of nitrogens with zero attached hydrogens (tertiary/aromatic N) is 2. The fourth-order valence-electron chi connectivity index (χ4n) is 2.43. The highest BCUT2D eigenvalue weighted by molar-refractivity contribution is 9.10. The number of aromatic nitrogens is 2. The molecule has 0 unspecified atom stereocenters. The van der Waals surface area contributed by atoms with Gasteiger partial charge in [0, 0.05) is 27.4 Å². The van der Waals surface area contributed by atoms with E-state index in [0.717, 1.165) is 30.6 Å². The third kappa shape index (κ3) is 3.98. The number of nitrogens with one attached hydrogen (secondary N) is 1. The van der Waals surface area contributed by atoms with Gasteiger partial charge in [0.25, 0.3) is 0 Å². The average molecular weight is 446 g/mol. The van der Waals surface area contributed by atoms with E-state index in [4.69, 9.17) is 4.42 Å². The van der Waals surface area contributed by atoms with Crippen molar-refractivity contribution in [2.45, 2.75) is 10.1 Å². The maximum absolute atomic E-state index is 11.8. The van der Waals surface area contributed by atoms with Crippen molar-refractivity contribution in [2.75, 3.05) is 5.32 Å². The summed E-state index contributed by atoms with van der Waals surface area (Å²) in [5, 5.41) is 13.3. The Hall–Kier alpha value is -2.16. The number of fused-ring (bicyclic) bond motifs is 1. The highest BCUT2D eigenvalue weighted by Crippen LogP contribution is 2.31. The summed E-state index contributed by atoms with van der Waals surface area (Å²) in [6, 6.07) is 17.1. The molecule has 2 heterocycles. The van der Waals surface area contributed by atoms with Crippen molar-refractivity contribution in [1.82, 2.24) is 10.2 Å². The summed E-state index contributed by atoms with van der Waals surface area (Å²) in [5.74, 6) is 0.615. The Kier molecular flexibility index (Phi) is 5.05. The van der Waals surface area contributed by atoms with Gasteiger partial charge in [-0.05, 0) is 35.9 Å². The highest BCUT2D eigenvalue weighted by atomic mass is 79.9. The van der Waals surface area contributed by atoms with Crippen LogP contribution in [0.5, 0.6) is 0 Å². The van der Waals surface area contributed by atoms with Crippen LogP contribution in [-0.2, 0) is 5.75 Å². The first-order chi connectivity index (χ1) is 12.7. The van der Waals surface area contributed by atoms with Crippen LogP contribution in [0.15, 0.2) is 72.6 Å². The lowest BCUT2D eigenvalue weighted by atomic mass is 10.1. The normalized spacial score (nSPS) is 11.0. The second-order valence-corrected chi connectivity index (χ2v) is 8.50. The van der Waals surface area contributed by atoms with E-state index in [1.165, 1.54) is 17.4 Å². The van der Waals surface area contributed by atoms with Crippen LogP contribution in [-0.4, -0.2) is 10.2 Å². The van der Waals surface area contributed by atoms with Crippen LogP contribution >= 0.6 is 39.0 Å². The number of thioether (sulfide) groups is 1. The lowest BCUT2D eigenvalue weighted by Gasteiger charge is -2.04. The lowest BCUT2D eigenvalue weighted by molar-refractivity contribution is 0.559. The Balaban J connectivity index is 1.51. The van der Waals surface area contributed by atoms with Gasteiger partial charge in [0.1, 0.15) is 5.58 Å². The van der Waals surface area contributed by atoms with Gasteiger partial charge >= 0.3 is 5.63 Å². The molecule has 8 heteroatoms. The van der Waals surface area contributed by atoms with Gasteiger partial charge in [0.05, 0.1) is 0 Å². The van der Waals surface area contributed by atoms with E-state index in [9.17, 15) is 4.79 Å². The number of halogens is 1. The van der Waals surface area contributed by atoms with Crippen LogP contribution < -0.4 is 10.9 Å². The van der Waals surface area contributed by atoms with Crippen molar-refractivity contribution in [3.05, 3.63) is 75.1 Å². The molecule has 0 saturated carbocycles. The van der Waals surface area contributed by atoms with Gasteiger partial charge in [-0.15, -0.1) is 10.2 Å². The predicted molar refractivity (Wildman–Crippen MR) is 109 cm³/mol. The van der Waals surface area contributed by atoms with Gasteiger partial charge in [-0.2, -0.15) is 0 Å². The van der Waals surface area contributed by atoms with Crippen molar-refractivity contribution < 1.29 is 4.42 Å². The van der Waals surface area contributed by atoms with E-state index in [1.807, 2.05) is 42.5 Å². The molecule has 0 atom stereocenters. The molecule has 0 amide bonds. The quantitative estimate of drug-likeness (QED) is 0.325. The van der Waals surface area contributed by atoms with E-state index in [1.54, 1.807) is 17.8 Å². The molecule has 1 N–H and O–H groups in total. The maximum Gasteiger partial charge on any atom is 0.336 e. The molecule has 4 aromatic rings. The molecule has 5 nitrogen and oxygen atoms in total. The Morgan fingerprint density at radius 2 is 1.96 bits per heavy atom. The van der Waals surface area contributed by atoms with Crippen LogP contribution in [0.3, 0.4) is 0 Å². The smallest absolute Gasteiger partial charge is 0.336 e. The van der Waals surface area contributed by atoms with E-state index >= 15 is 0 Å². The zero-order valence-electron chi connectivity index (χ0n) is 13.3. The Bertz CT molecular complexity index is 1110. The Morgan fingerprint density at radius 1 is 1.12 bits per heavy atom. The fourth-order valence-corrected chi connectivity index (χ4v) is 4.53. The summed E-state index contributed by atoms with van der Waals surface area (Å²) in [6.07, 6.45) is 0. The highest BCUT2D eigenvalue weighted by Gasteiger charge is 2.10. The molecule has 0 aliphatic carbocycles. The van der Waals surface area contributed by atoms with E-state index in [-0.39, 0.29) is 5.63 Å².